The molecule has 6 nitrogen and oxygen atoms in total. The average molecular weight is 425 g/mol. The van der Waals surface area contributed by atoms with E-state index in [0.717, 1.165) is 22.2 Å². The third-order valence-electron chi connectivity index (χ3n) is 4.88. The van der Waals surface area contributed by atoms with Crippen molar-refractivity contribution in [3.63, 3.8) is 0 Å². The molecule has 0 saturated carbocycles. The molecule has 154 valence electrons. The van der Waals surface area contributed by atoms with Gasteiger partial charge in [0.15, 0.2) is 0 Å². The van der Waals surface area contributed by atoms with Crippen LogP contribution in [-0.4, -0.2) is 24.4 Å². The van der Waals surface area contributed by atoms with Gasteiger partial charge in [0.1, 0.15) is 10.7 Å². The van der Waals surface area contributed by atoms with Gasteiger partial charge in [0.05, 0.1) is 5.52 Å². The largest absolute Gasteiger partial charge is 0.355 e. The zero-order chi connectivity index (χ0) is 21.3. The Morgan fingerprint density at radius 1 is 1.13 bits per heavy atom. The summed E-state index contributed by atoms with van der Waals surface area (Å²) in [5.74, 6) is -0.304. The highest BCUT2D eigenvalue weighted by Crippen LogP contribution is 2.30. The predicted octanol–water partition coefficient (Wildman–Crippen LogP) is 4.18. The summed E-state index contributed by atoms with van der Waals surface area (Å²) in [4.78, 5) is 4.06. The Bertz CT molecular complexity index is 1320. The molecule has 0 atom stereocenters. The van der Waals surface area contributed by atoms with Crippen LogP contribution in [0.1, 0.15) is 11.1 Å². The number of rotatable bonds is 6. The number of benzene rings is 2. The first kappa shape index (κ1) is 20.1. The van der Waals surface area contributed by atoms with Crippen molar-refractivity contribution in [1.29, 1.82) is 0 Å². The molecule has 0 radical (unpaired) electrons. The van der Waals surface area contributed by atoms with Crippen molar-refractivity contribution >= 4 is 32.3 Å². The number of aromatic nitrogens is 2. The van der Waals surface area contributed by atoms with Crippen molar-refractivity contribution in [1.82, 2.24) is 14.3 Å². The third kappa shape index (κ3) is 3.67. The summed E-state index contributed by atoms with van der Waals surface area (Å²) in [5.41, 5.74) is 3.62. The van der Waals surface area contributed by atoms with Crippen LogP contribution in [0.3, 0.4) is 0 Å². The van der Waals surface area contributed by atoms with E-state index in [-0.39, 0.29) is 10.7 Å². The Morgan fingerprint density at radius 3 is 2.67 bits per heavy atom. The summed E-state index contributed by atoms with van der Waals surface area (Å²) in [6.07, 6.45) is 4.51. The summed E-state index contributed by atoms with van der Waals surface area (Å²) >= 11 is 0. The molecule has 2 N–H and O–H groups in total. The van der Waals surface area contributed by atoms with Gasteiger partial charge in [0.2, 0.25) is 0 Å². The molecule has 0 bridgehead atoms. The van der Waals surface area contributed by atoms with Crippen LogP contribution < -0.4 is 10.6 Å². The molecule has 2 aromatic heterocycles. The second-order valence-electron chi connectivity index (χ2n) is 6.99. The fraction of sp³-hybridized carbons (Fsp3) is 0.136. The Morgan fingerprint density at radius 2 is 1.97 bits per heavy atom. The molecule has 4 aromatic rings. The second kappa shape index (κ2) is 7.89. The fourth-order valence-electron chi connectivity index (χ4n) is 3.41. The SMILES string of the molecule is CNCc1cn(S(=O)(=O)c2cccnc2)c2cc(Nc3ccc(F)cc3C)ccc12. The summed E-state index contributed by atoms with van der Waals surface area (Å²) in [7, 11) is -2.01. The van der Waals surface area contributed by atoms with E-state index in [2.05, 4.69) is 15.6 Å². The van der Waals surface area contributed by atoms with Crippen molar-refractivity contribution in [2.45, 2.75) is 18.4 Å². The number of anilines is 2. The molecule has 0 unspecified atom stereocenters. The van der Waals surface area contributed by atoms with E-state index in [1.165, 1.54) is 34.6 Å². The number of aryl methyl sites for hydroxylation is 1. The van der Waals surface area contributed by atoms with E-state index < -0.39 is 10.0 Å². The lowest BCUT2D eigenvalue weighted by molar-refractivity contribution is 0.588. The third-order valence-corrected chi connectivity index (χ3v) is 6.54. The molecule has 8 heteroatoms. The number of pyridine rings is 1. The first-order chi connectivity index (χ1) is 14.4. The Hall–Kier alpha value is -3.23. The Balaban J connectivity index is 1.85. The van der Waals surface area contributed by atoms with Gasteiger partial charge in [-0.3, -0.25) is 4.98 Å². The standard InChI is InChI=1S/C22H21FN4O2S/c1-15-10-17(23)5-8-21(15)26-18-6-7-20-16(12-24-2)14-27(22(20)11-18)30(28,29)19-4-3-9-25-13-19/h3-11,13-14,24,26H,12H2,1-2H3. The molecular formula is C22H21FN4O2S. The van der Waals surface area contributed by atoms with Gasteiger partial charge in [-0.25, -0.2) is 16.8 Å². The van der Waals surface area contributed by atoms with E-state index in [1.54, 1.807) is 24.4 Å². The predicted molar refractivity (Wildman–Crippen MR) is 116 cm³/mol. The summed E-state index contributed by atoms with van der Waals surface area (Å²) in [6, 6.07) is 13.2. The van der Waals surface area contributed by atoms with E-state index in [0.29, 0.717) is 17.7 Å². The minimum atomic E-state index is -3.82. The quantitative estimate of drug-likeness (QED) is 0.486. The van der Waals surface area contributed by atoms with Gasteiger partial charge >= 0.3 is 0 Å². The number of nitrogens with zero attached hydrogens (tertiary/aromatic N) is 2. The van der Waals surface area contributed by atoms with E-state index in [9.17, 15) is 12.8 Å². The van der Waals surface area contributed by atoms with Gasteiger partial charge in [-0.1, -0.05) is 6.07 Å². The van der Waals surface area contributed by atoms with Crippen LogP contribution in [0.25, 0.3) is 10.9 Å². The van der Waals surface area contributed by atoms with Crippen molar-refractivity contribution in [3.05, 3.63) is 84.1 Å². The first-order valence-electron chi connectivity index (χ1n) is 9.37. The average Bonchev–Trinajstić information content (AvgIpc) is 3.10. The smallest absolute Gasteiger partial charge is 0.269 e. The number of halogens is 1. The van der Waals surface area contributed by atoms with Crippen LogP contribution in [0.4, 0.5) is 15.8 Å². The molecule has 0 aliphatic carbocycles. The molecule has 4 rings (SSSR count). The maximum atomic E-state index is 13.4. The van der Waals surface area contributed by atoms with Gasteiger partial charge in [-0.2, -0.15) is 0 Å². The lowest BCUT2D eigenvalue weighted by atomic mass is 10.1. The van der Waals surface area contributed by atoms with E-state index >= 15 is 0 Å². The van der Waals surface area contributed by atoms with Crippen LogP contribution >= 0.6 is 0 Å². The van der Waals surface area contributed by atoms with Crippen LogP contribution in [0.15, 0.2) is 72.0 Å². The van der Waals surface area contributed by atoms with Crippen molar-refractivity contribution in [3.8, 4) is 0 Å². The molecule has 0 saturated heterocycles. The molecule has 2 aromatic carbocycles. The van der Waals surface area contributed by atoms with Crippen molar-refractivity contribution in [2.24, 2.45) is 0 Å². The topological polar surface area (TPSA) is 76.0 Å². The Kier molecular flexibility index (Phi) is 5.27. The molecule has 0 amide bonds. The van der Waals surface area contributed by atoms with Crippen LogP contribution in [0.2, 0.25) is 0 Å². The van der Waals surface area contributed by atoms with Crippen LogP contribution in [-0.2, 0) is 16.6 Å². The highest BCUT2D eigenvalue weighted by Gasteiger charge is 2.21. The van der Waals surface area contributed by atoms with Crippen LogP contribution in [0.5, 0.6) is 0 Å². The zero-order valence-electron chi connectivity index (χ0n) is 16.6. The van der Waals surface area contributed by atoms with Crippen molar-refractivity contribution in [2.75, 3.05) is 12.4 Å². The molecule has 2 heterocycles. The summed E-state index contributed by atoms with van der Waals surface area (Å²) in [6.45, 7) is 2.33. The highest BCUT2D eigenvalue weighted by atomic mass is 32.2. The van der Waals surface area contributed by atoms with E-state index in [1.807, 2.05) is 26.1 Å². The van der Waals surface area contributed by atoms with Gasteiger partial charge < -0.3 is 10.6 Å². The monoisotopic (exact) mass is 424 g/mol. The maximum absolute atomic E-state index is 13.4. The first-order valence-corrected chi connectivity index (χ1v) is 10.8. The minimum absolute atomic E-state index is 0.116. The molecule has 0 aliphatic heterocycles. The minimum Gasteiger partial charge on any atom is -0.355 e. The number of fused-ring (bicyclic) bond motifs is 1. The highest BCUT2D eigenvalue weighted by molar-refractivity contribution is 7.90. The number of hydrogen-bond donors (Lipinski definition) is 2. The van der Waals surface area contributed by atoms with Gasteiger partial charge in [-0.15, -0.1) is 0 Å². The number of nitrogens with one attached hydrogen (secondary N) is 2. The molecule has 30 heavy (non-hydrogen) atoms. The lowest BCUT2D eigenvalue weighted by Gasteiger charge is -2.11. The zero-order valence-corrected chi connectivity index (χ0v) is 17.4. The molecule has 0 fully saturated rings. The molecule has 0 aliphatic rings. The van der Waals surface area contributed by atoms with Gasteiger partial charge in [-0.05, 0) is 67.6 Å². The number of hydrogen-bond acceptors (Lipinski definition) is 5. The van der Waals surface area contributed by atoms with Gasteiger partial charge in [0.25, 0.3) is 10.0 Å². The van der Waals surface area contributed by atoms with Gasteiger partial charge in [0, 0.05) is 41.9 Å². The van der Waals surface area contributed by atoms with Crippen molar-refractivity contribution < 1.29 is 12.8 Å². The molecule has 0 spiro atoms. The summed E-state index contributed by atoms with van der Waals surface area (Å²) < 4.78 is 41.2. The van der Waals surface area contributed by atoms with Crippen LogP contribution in [0, 0.1) is 12.7 Å². The fourth-order valence-corrected chi connectivity index (χ4v) is 4.76. The second-order valence-corrected chi connectivity index (χ2v) is 8.81. The lowest BCUT2D eigenvalue weighted by Crippen LogP contribution is -2.12. The Labute approximate surface area is 174 Å². The normalized spacial score (nSPS) is 11.7. The molecular weight excluding hydrogens is 403 g/mol. The van der Waals surface area contributed by atoms with E-state index in [4.69, 9.17) is 0 Å². The maximum Gasteiger partial charge on any atom is 0.269 e. The summed E-state index contributed by atoms with van der Waals surface area (Å²) in [5, 5.41) is 7.16.